The Balaban J connectivity index is 2.17. The molecule has 0 atom stereocenters. The zero-order valence-corrected chi connectivity index (χ0v) is 15.1. The zero-order chi connectivity index (χ0) is 13.1. The van der Waals surface area contributed by atoms with Gasteiger partial charge in [0.15, 0.2) is 0 Å². The van der Waals surface area contributed by atoms with Crippen molar-refractivity contribution >= 4 is 52.7 Å². The first-order chi connectivity index (χ1) is 8.59. The minimum absolute atomic E-state index is 0.142. The molecule has 0 radical (unpaired) electrons. The van der Waals surface area contributed by atoms with Crippen LogP contribution < -0.4 is 18.7 Å². The Kier molecular flexibility index (Phi) is 4.82. The van der Waals surface area contributed by atoms with Gasteiger partial charge in [-0.3, -0.25) is 0 Å². The first-order valence-electron chi connectivity index (χ1n) is 5.64. The number of nitrogens with two attached hydrogens (primary N) is 2. The predicted molar refractivity (Wildman–Crippen MR) is 82.0 cm³/mol. The fourth-order valence-corrected chi connectivity index (χ4v) is 13.9. The van der Waals surface area contributed by atoms with Gasteiger partial charge in [-0.05, 0) is 0 Å². The van der Waals surface area contributed by atoms with Crippen LogP contribution in [0.5, 0.6) is 0 Å². The van der Waals surface area contributed by atoms with E-state index >= 15 is 0 Å². The van der Waals surface area contributed by atoms with Gasteiger partial charge in [0, 0.05) is 0 Å². The topological polar surface area (TPSA) is 52.0 Å². The van der Waals surface area contributed by atoms with Crippen LogP contribution in [0.3, 0.4) is 0 Å². The Morgan fingerprint density at radius 3 is 2.22 bits per heavy atom. The summed E-state index contributed by atoms with van der Waals surface area (Å²) in [6, 6.07) is 12.7. The summed E-state index contributed by atoms with van der Waals surface area (Å²) in [4.78, 5) is 0. The van der Waals surface area contributed by atoms with E-state index in [0.29, 0.717) is 0 Å². The maximum atomic E-state index is 6.14. The van der Waals surface area contributed by atoms with Gasteiger partial charge in [-0.25, -0.2) is 0 Å². The van der Waals surface area contributed by atoms with Crippen molar-refractivity contribution in [2.45, 2.75) is 13.8 Å². The normalized spacial score (nSPS) is 10.6. The molecule has 2 aromatic rings. The van der Waals surface area contributed by atoms with Crippen molar-refractivity contribution in [1.29, 1.82) is 0 Å². The van der Waals surface area contributed by atoms with E-state index in [1.54, 1.807) is 0 Å². The van der Waals surface area contributed by atoms with Crippen LogP contribution in [0.2, 0.25) is 0 Å². The van der Waals surface area contributed by atoms with Crippen LogP contribution in [0.15, 0.2) is 36.4 Å². The van der Waals surface area contributed by atoms with Crippen LogP contribution in [-0.2, 0) is 0 Å². The number of hydrogen-bond donors (Lipinski definition) is 2. The molecule has 0 saturated heterocycles. The van der Waals surface area contributed by atoms with Crippen LogP contribution >= 0.6 is 0 Å². The minimum atomic E-state index is -0.163. The van der Waals surface area contributed by atoms with Crippen molar-refractivity contribution in [2.75, 3.05) is 11.5 Å². The summed E-state index contributed by atoms with van der Waals surface area (Å²) in [6.07, 6.45) is 0. The molecule has 18 heavy (non-hydrogen) atoms. The molecule has 94 valence electrons. The van der Waals surface area contributed by atoms with Gasteiger partial charge in [0.25, 0.3) is 0 Å². The molecule has 0 fully saturated rings. The molecule has 0 aliphatic carbocycles. The Morgan fingerprint density at radius 1 is 0.833 bits per heavy atom. The molecular weight excluding hydrogens is 451 g/mol. The van der Waals surface area contributed by atoms with E-state index in [-0.39, 0.29) is 34.1 Å². The van der Waals surface area contributed by atoms with E-state index in [1.807, 2.05) is 6.07 Å². The van der Waals surface area contributed by atoms with Crippen molar-refractivity contribution in [3.05, 3.63) is 47.5 Å². The van der Waals surface area contributed by atoms with E-state index in [0.717, 1.165) is 11.4 Å². The van der Waals surface area contributed by atoms with Crippen LogP contribution in [0, 0.1) is 13.8 Å². The molecule has 0 heterocycles. The van der Waals surface area contributed by atoms with Gasteiger partial charge in [0.2, 0.25) is 0 Å². The van der Waals surface area contributed by atoms with Crippen LogP contribution in [0.1, 0.15) is 11.1 Å². The molecule has 4 N–H and O–H groups in total. The summed E-state index contributed by atoms with van der Waals surface area (Å²) >= 11 is -0.305. The van der Waals surface area contributed by atoms with E-state index in [9.17, 15) is 0 Å². The van der Waals surface area contributed by atoms with Gasteiger partial charge in [-0.15, -0.1) is 0 Å². The van der Waals surface area contributed by atoms with Gasteiger partial charge in [-0.2, -0.15) is 0 Å². The van der Waals surface area contributed by atoms with E-state index in [2.05, 4.69) is 44.2 Å². The van der Waals surface area contributed by atoms with Crippen LogP contribution in [0.4, 0.5) is 11.4 Å². The van der Waals surface area contributed by atoms with E-state index in [1.165, 1.54) is 18.3 Å². The second-order valence-corrected chi connectivity index (χ2v) is 14.0. The number of rotatable bonds is 3. The maximum absolute atomic E-state index is 6.14. The Labute approximate surface area is 124 Å². The Bertz CT molecular complexity index is 516. The molecule has 0 unspecified atom stereocenters. The molecule has 2 aromatic carbocycles. The fourth-order valence-electron chi connectivity index (χ4n) is 1.54. The number of hydrogen-bond acceptors (Lipinski definition) is 2. The molecule has 2 nitrogen and oxygen atoms in total. The number of benzene rings is 2. The predicted octanol–water partition coefficient (Wildman–Crippen LogP) is 0.742. The van der Waals surface area contributed by atoms with E-state index in [4.69, 9.17) is 11.5 Å². The summed E-state index contributed by atoms with van der Waals surface area (Å²) in [6.45, 7) is 4.21. The third-order valence-corrected chi connectivity index (χ3v) is 14.8. The van der Waals surface area contributed by atoms with Gasteiger partial charge in [0.1, 0.15) is 0 Å². The third-order valence-electron chi connectivity index (χ3n) is 2.83. The molecule has 2 rings (SSSR count). The van der Waals surface area contributed by atoms with Gasteiger partial charge in [-0.1, -0.05) is 0 Å². The van der Waals surface area contributed by atoms with Crippen LogP contribution in [0.25, 0.3) is 0 Å². The molecule has 0 amide bonds. The Morgan fingerprint density at radius 2 is 1.44 bits per heavy atom. The van der Waals surface area contributed by atoms with Crippen molar-refractivity contribution in [3.63, 3.8) is 0 Å². The van der Waals surface area contributed by atoms with Gasteiger partial charge < -0.3 is 0 Å². The monoisotopic (exact) mass is 472 g/mol. The van der Waals surface area contributed by atoms with Crippen molar-refractivity contribution in [3.8, 4) is 0 Å². The Hall–Kier alpha value is -0.381. The second kappa shape index (κ2) is 6.18. The molecule has 0 aromatic heterocycles. The molecule has 4 heteroatoms. The van der Waals surface area contributed by atoms with Crippen LogP contribution in [-0.4, -0.2) is 34.1 Å². The number of aryl methyl sites for hydroxylation is 1. The van der Waals surface area contributed by atoms with Crippen molar-refractivity contribution in [1.82, 2.24) is 0 Å². The summed E-state index contributed by atoms with van der Waals surface area (Å²) in [7, 11) is 0. The molecule has 0 aliphatic heterocycles. The zero-order valence-electron chi connectivity index (χ0n) is 10.4. The average molecular weight is 467 g/mol. The first kappa shape index (κ1) is 14.0. The summed E-state index contributed by atoms with van der Waals surface area (Å²) in [5, 5.41) is 0. The summed E-state index contributed by atoms with van der Waals surface area (Å²) < 4.78 is 2.90. The number of anilines is 2. The molecule has 0 saturated carbocycles. The molecule has 0 spiro atoms. The number of para-hydroxylation sites is 1. The average Bonchev–Trinajstić information content (AvgIpc) is 2.36. The third kappa shape index (κ3) is 3.14. The summed E-state index contributed by atoms with van der Waals surface area (Å²) in [5.74, 6) is 0. The van der Waals surface area contributed by atoms with Crippen molar-refractivity contribution in [2.24, 2.45) is 0 Å². The van der Waals surface area contributed by atoms with Gasteiger partial charge in [0.05, 0.1) is 0 Å². The molecular formula is C14H16N2Te2. The fraction of sp³-hybridized carbons (Fsp3) is 0.143. The summed E-state index contributed by atoms with van der Waals surface area (Å²) in [5.41, 5.74) is 16.5. The van der Waals surface area contributed by atoms with Crippen molar-refractivity contribution < 1.29 is 0 Å². The standard InChI is InChI=1S/C14H16N2Te2/c1-9-5-3-8-13(14(9)16)18-17-12-7-4-6-11(15)10(12)2/h3-8H,15-16H2,1-2H3. The number of nitrogen functional groups attached to an aromatic ring is 2. The SMILES string of the molecule is Cc1cccc([Te][Te]c2cccc(N)c2C)c1N. The molecule has 0 aliphatic rings. The first-order valence-corrected chi connectivity index (χ1v) is 15.3. The van der Waals surface area contributed by atoms with Gasteiger partial charge >= 0.3 is 126 Å². The van der Waals surface area contributed by atoms with E-state index < -0.39 is 0 Å². The second-order valence-electron chi connectivity index (χ2n) is 4.12. The molecule has 0 bridgehead atoms. The quantitative estimate of drug-likeness (QED) is 0.517.